The molecule has 0 aromatic heterocycles. The van der Waals surface area contributed by atoms with Gasteiger partial charge in [0.2, 0.25) is 0 Å². The Bertz CT molecular complexity index is 789. The van der Waals surface area contributed by atoms with E-state index in [0.717, 1.165) is 18.8 Å². The Morgan fingerprint density at radius 1 is 1.14 bits per heavy atom. The Kier molecular flexibility index (Phi) is 6.57. The van der Waals surface area contributed by atoms with Gasteiger partial charge < -0.3 is 19.6 Å². The van der Waals surface area contributed by atoms with Gasteiger partial charge in [0.25, 0.3) is 11.6 Å². The summed E-state index contributed by atoms with van der Waals surface area (Å²) in [5, 5.41) is 20.9. The van der Waals surface area contributed by atoms with Gasteiger partial charge in [-0.1, -0.05) is 18.2 Å². The number of carbonyl (C=O) groups is 1. The smallest absolute Gasteiger partial charge is 0.269 e. The molecule has 2 aromatic rings. The fourth-order valence-corrected chi connectivity index (χ4v) is 3.24. The number of hydrogen-bond donors (Lipinski definition) is 2. The second kappa shape index (κ2) is 9.29. The van der Waals surface area contributed by atoms with E-state index in [1.54, 1.807) is 4.90 Å². The third-order valence-electron chi connectivity index (χ3n) is 4.79. The maximum absolute atomic E-state index is 12.5. The summed E-state index contributed by atoms with van der Waals surface area (Å²) in [6.45, 7) is 3.43. The van der Waals surface area contributed by atoms with Crippen molar-refractivity contribution in [3.05, 3.63) is 70.3 Å². The lowest BCUT2D eigenvalue weighted by Gasteiger charge is -2.33. The number of non-ortho nitro benzene ring substituents is 1. The van der Waals surface area contributed by atoms with E-state index >= 15 is 0 Å². The van der Waals surface area contributed by atoms with Gasteiger partial charge in [-0.15, -0.1) is 0 Å². The summed E-state index contributed by atoms with van der Waals surface area (Å²) in [6.07, 6.45) is -0.577. The number of nitrogens with one attached hydrogen (secondary N) is 1. The van der Waals surface area contributed by atoms with Crippen molar-refractivity contribution in [1.82, 2.24) is 4.90 Å². The average molecular weight is 386 g/mol. The molecule has 2 aromatic carbocycles. The minimum atomic E-state index is -0.577. The van der Waals surface area contributed by atoms with Crippen molar-refractivity contribution in [3.8, 4) is 5.75 Å². The molecule has 0 unspecified atom stereocenters. The molecule has 1 atom stereocenters. The van der Waals surface area contributed by atoms with Crippen LogP contribution in [0.4, 0.5) is 5.69 Å². The number of hydrogen-bond acceptors (Lipinski definition) is 5. The van der Waals surface area contributed by atoms with E-state index < -0.39 is 11.0 Å². The average Bonchev–Trinajstić information content (AvgIpc) is 2.73. The second-order valence-corrected chi connectivity index (χ2v) is 6.83. The molecular weight excluding hydrogens is 362 g/mol. The Labute approximate surface area is 163 Å². The maximum atomic E-state index is 12.5. The number of rotatable bonds is 7. The summed E-state index contributed by atoms with van der Waals surface area (Å²) < 4.78 is 5.58. The van der Waals surface area contributed by atoms with E-state index in [1.165, 1.54) is 29.2 Å². The fraction of sp³-hybridized carbons (Fsp3) is 0.350. The van der Waals surface area contributed by atoms with E-state index in [1.807, 2.05) is 30.3 Å². The molecule has 1 heterocycles. The van der Waals surface area contributed by atoms with Crippen molar-refractivity contribution < 1.29 is 24.5 Å². The highest BCUT2D eigenvalue weighted by molar-refractivity contribution is 5.94. The van der Waals surface area contributed by atoms with Crippen LogP contribution in [0.2, 0.25) is 0 Å². The van der Waals surface area contributed by atoms with Gasteiger partial charge in [0.05, 0.1) is 31.1 Å². The van der Waals surface area contributed by atoms with E-state index in [2.05, 4.69) is 0 Å². The first kappa shape index (κ1) is 19.8. The summed E-state index contributed by atoms with van der Waals surface area (Å²) in [5.74, 6) is 0.608. The van der Waals surface area contributed by atoms with Crippen LogP contribution in [0.5, 0.6) is 5.75 Å². The fourth-order valence-electron chi connectivity index (χ4n) is 3.24. The molecule has 0 saturated carbocycles. The predicted molar refractivity (Wildman–Crippen MR) is 103 cm³/mol. The first-order valence-corrected chi connectivity index (χ1v) is 9.26. The number of carbonyl (C=O) groups excluding carboxylic acids is 1. The minimum absolute atomic E-state index is 0.0301. The molecule has 8 heteroatoms. The van der Waals surface area contributed by atoms with Gasteiger partial charge in [-0.25, -0.2) is 0 Å². The van der Waals surface area contributed by atoms with Gasteiger partial charge >= 0.3 is 0 Å². The molecule has 28 heavy (non-hydrogen) atoms. The summed E-state index contributed by atoms with van der Waals surface area (Å²) >= 11 is 0. The van der Waals surface area contributed by atoms with E-state index in [9.17, 15) is 20.0 Å². The standard InChI is InChI=1S/C20H23N3O5/c24-18(15-28-19-4-2-1-3-5-19)14-21-10-12-22(13-11-21)20(25)16-6-8-17(9-7-16)23(26)27/h1-9,18,24H,10-15H2/p+1/t18-/m1/s1. The first-order chi connectivity index (χ1) is 13.5. The largest absolute Gasteiger partial charge is 0.491 e. The second-order valence-electron chi connectivity index (χ2n) is 6.83. The van der Waals surface area contributed by atoms with Crippen molar-refractivity contribution in [2.75, 3.05) is 39.3 Å². The Hall–Kier alpha value is -2.97. The van der Waals surface area contributed by atoms with Crippen LogP contribution in [0.3, 0.4) is 0 Å². The molecule has 0 spiro atoms. The molecule has 0 radical (unpaired) electrons. The van der Waals surface area contributed by atoms with Crippen molar-refractivity contribution in [3.63, 3.8) is 0 Å². The molecule has 1 fully saturated rings. The van der Waals surface area contributed by atoms with Crippen LogP contribution in [-0.2, 0) is 0 Å². The van der Waals surface area contributed by atoms with Crippen LogP contribution < -0.4 is 9.64 Å². The SMILES string of the molecule is O=C(c1ccc([N+](=O)[O-])cc1)N1CC[NH+](C[C@@H](O)COc2ccccc2)CC1. The number of quaternary nitrogens is 1. The highest BCUT2D eigenvalue weighted by Crippen LogP contribution is 2.13. The Balaban J connectivity index is 1.43. The van der Waals surface area contributed by atoms with Crippen molar-refractivity contribution >= 4 is 11.6 Å². The van der Waals surface area contributed by atoms with Gasteiger partial charge in [0, 0.05) is 17.7 Å². The van der Waals surface area contributed by atoms with Gasteiger partial charge in [-0.3, -0.25) is 14.9 Å². The summed E-state index contributed by atoms with van der Waals surface area (Å²) in [7, 11) is 0. The molecule has 1 amide bonds. The van der Waals surface area contributed by atoms with Gasteiger partial charge in [0.15, 0.2) is 0 Å². The molecule has 2 N–H and O–H groups in total. The lowest BCUT2D eigenvalue weighted by molar-refractivity contribution is -0.907. The van der Waals surface area contributed by atoms with Crippen molar-refractivity contribution in [1.29, 1.82) is 0 Å². The number of nitro groups is 1. The zero-order valence-electron chi connectivity index (χ0n) is 15.5. The summed E-state index contributed by atoms with van der Waals surface area (Å²) in [5.41, 5.74) is 0.419. The number of para-hydroxylation sites is 1. The number of aliphatic hydroxyl groups excluding tert-OH is 1. The molecule has 0 bridgehead atoms. The number of amides is 1. The van der Waals surface area contributed by atoms with Gasteiger partial charge in [-0.05, 0) is 24.3 Å². The maximum Gasteiger partial charge on any atom is 0.269 e. The normalized spacial score (nSPS) is 15.8. The number of piperazine rings is 1. The van der Waals surface area contributed by atoms with Crippen LogP contribution in [0.1, 0.15) is 10.4 Å². The molecule has 3 rings (SSSR count). The summed E-state index contributed by atoms with van der Waals surface area (Å²) in [4.78, 5) is 25.7. The van der Waals surface area contributed by atoms with Crippen molar-refractivity contribution in [2.24, 2.45) is 0 Å². The topological polar surface area (TPSA) is 97.4 Å². The zero-order valence-corrected chi connectivity index (χ0v) is 15.5. The molecule has 148 valence electrons. The van der Waals surface area contributed by atoms with E-state index in [4.69, 9.17) is 4.74 Å². The highest BCUT2D eigenvalue weighted by atomic mass is 16.6. The quantitative estimate of drug-likeness (QED) is 0.530. The number of nitrogens with zero attached hydrogens (tertiary/aromatic N) is 2. The number of ether oxygens (including phenoxy) is 1. The minimum Gasteiger partial charge on any atom is -0.491 e. The molecule has 1 saturated heterocycles. The third-order valence-corrected chi connectivity index (χ3v) is 4.79. The number of benzene rings is 2. The summed E-state index contributed by atoms with van der Waals surface area (Å²) in [6, 6.07) is 15.0. The Morgan fingerprint density at radius 3 is 2.39 bits per heavy atom. The van der Waals surface area contributed by atoms with E-state index in [0.29, 0.717) is 25.2 Å². The first-order valence-electron chi connectivity index (χ1n) is 9.26. The number of nitro benzene ring substituents is 1. The molecule has 8 nitrogen and oxygen atoms in total. The molecule has 0 aliphatic carbocycles. The zero-order chi connectivity index (χ0) is 19.9. The van der Waals surface area contributed by atoms with Crippen LogP contribution in [-0.4, -0.2) is 66.3 Å². The van der Waals surface area contributed by atoms with Gasteiger partial charge in [0.1, 0.15) is 25.0 Å². The number of aliphatic hydroxyl groups is 1. The third kappa shape index (κ3) is 5.28. The predicted octanol–water partition coefficient (Wildman–Crippen LogP) is 0.375. The lowest BCUT2D eigenvalue weighted by atomic mass is 10.1. The van der Waals surface area contributed by atoms with Crippen LogP contribution in [0, 0.1) is 10.1 Å². The van der Waals surface area contributed by atoms with Crippen LogP contribution in [0.15, 0.2) is 54.6 Å². The van der Waals surface area contributed by atoms with E-state index in [-0.39, 0.29) is 18.2 Å². The lowest BCUT2D eigenvalue weighted by Crippen LogP contribution is -3.16. The molecule has 1 aliphatic heterocycles. The van der Waals surface area contributed by atoms with Crippen LogP contribution >= 0.6 is 0 Å². The van der Waals surface area contributed by atoms with Gasteiger partial charge in [-0.2, -0.15) is 0 Å². The van der Waals surface area contributed by atoms with Crippen molar-refractivity contribution in [2.45, 2.75) is 6.10 Å². The highest BCUT2D eigenvalue weighted by Gasteiger charge is 2.26. The Morgan fingerprint density at radius 2 is 1.79 bits per heavy atom. The molecular formula is C20H24N3O5+. The monoisotopic (exact) mass is 386 g/mol. The van der Waals surface area contributed by atoms with Crippen LogP contribution in [0.25, 0.3) is 0 Å². The molecule has 1 aliphatic rings.